The molecule has 0 saturated heterocycles. The molecule has 0 aliphatic carbocycles. The molecule has 1 atom stereocenters. The van der Waals surface area contributed by atoms with Gasteiger partial charge in [-0.2, -0.15) is 0 Å². The van der Waals surface area contributed by atoms with Gasteiger partial charge in [0.2, 0.25) is 0 Å². The fourth-order valence-corrected chi connectivity index (χ4v) is 2.28. The second kappa shape index (κ2) is 6.65. The highest BCUT2D eigenvalue weighted by Crippen LogP contribution is 2.38. The van der Waals surface area contributed by atoms with Gasteiger partial charge in [-0.1, -0.05) is 11.6 Å². The van der Waals surface area contributed by atoms with Gasteiger partial charge in [0.1, 0.15) is 11.9 Å². The van der Waals surface area contributed by atoms with Crippen LogP contribution in [-0.2, 0) is 0 Å². The Hall–Kier alpha value is -1.98. The van der Waals surface area contributed by atoms with E-state index < -0.39 is 6.10 Å². The topological polar surface area (TPSA) is 60.8 Å². The van der Waals surface area contributed by atoms with Crippen molar-refractivity contribution >= 4 is 11.6 Å². The Balaban J connectivity index is 2.43. The van der Waals surface area contributed by atoms with Gasteiger partial charge in [-0.15, -0.1) is 0 Å². The van der Waals surface area contributed by atoms with Crippen LogP contribution in [0.2, 0.25) is 5.02 Å². The van der Waals surface area contributed by atoms with Crippen molar-refractivity contribution in [1.82, 2.24) is 4.98 Å². The number of rotatable bonds is 5. The third-order valence-corrected chi connectivity index (χ3v) is 3.34. The van der Waals surface area contributed by atoms with Gasteiger partial charge in [-0.25, -0.2) is 0 Å². The van der Waals surface area contributed by atoms with E-state index in [1.54, 1.807) is 37.7 Å². The molecule has 112 valence electrons. The molecule has 21 heavy (non-hydrogen) atoms. The minimum absolute atomic E-state index is 0.363. The normalized spacial score (nSPS) is 11.9. The van der Waals surface area contributed by atoms with E-state index in [1.807, 2.05) is 0 Å². The molecule has 0 amide bonds. The summed E-state index contributed by atoms with van der Waals surface area (Å²) in [5.74, 6) is 1.45. The van der Waals surface area contributed by atoms with Gasteiger partial charge in [0.15, 0.2) is 11.5 Å². The molecule has 1 aromatic carbocycles. The van der Waals surface area contributed by atoms with Crippen LogP contribution in [0.5, 0.6) is 17.2 Å². The minimum Gasteiger partial charge on any atom is -0.495 e. The molecule has 0 fully saturated rings. The molecule has 2 aromatic rings. The molecule has 6 heteroatoms. The van der Waals surface area contributed by atoms with Crippen molar-refractivity contribution in [2.24, 2.45) is 0 Å². The van der Waals surface area contributed by atoms with Crippen molar-refractivity contribution in [1.29, 1.82) is 0 Å². The van der Waals surface area contributed by atoms with Crippen LogP contribution in [0, 0.1) is 0 Å². The third-order valence-electron chi connectivity index (χ3n) is 3.06. The van der Waals surface area contributed by atoms with Crippen LogP contribution in [0.3, 0.4) is 0 Å². The number of ether oxygens (including phenoxy) is 3. The Morgan fingerprint density at radius 2 is 1.76 bits per heavy atom. The summed E-state index contributed by atoms with van der Waals surface area (Å²) in [6.45, 7) is 0. The summed E-state index contributed by atoms with van der Waals surface area (Å²) in [4.78, 5) is 4.03. The largest absolute Gasteiger partial charge is 0.495 e. The third kappa shape index (κ3) is 3.20. The summed E-state index contributed by atoms with van der Waals surface area (Å²) in [7, 11) is 4.56. The van der Waals surface area contributed by atoms with Crippen LogP contribution < -0.4 is 14.2 Å². The highest BCUT2D eigenvalue weighted by Gasteiger charge is 2.17. The van der Waals surface area contributed by atoms with Gasteiger partial charge >= 0.3 is 0 Å². The molecule has 0 aliphatic rings. The first kappa shape index (κ1) is 15.4. The Morgan fingerprint density at radius 3 is 2.38 bits per heavy atom. The van der Waals surface area contributed by atoms with E-state index in [-0.39, 0.29) is 0 Å². The molecule has 0 saturated carbocycles. The van der Waals surface area contributed by atoms with E-state index >= 15 is 0 Å². The van der Waals surface area contributed by atoms with Crippen molar-refractivity contribution in [3.63, 3.8) is 0 Å². The SMILES string of the molecule is COc1cncc(C(O)c2cc(Cl)c(OC)c(OC)c2)c1. The standard InChI is InChI=1S/C15H16ClNO4/c1-19-11-4-10(7-17-8-11)14(18)9-5-12(16)15(21-3)13(6-9)20-2/h4-8,14,18H,1-3H3. The number of aliphatic hydroxyl groups excluding tert-OH is 1. The first-order valence-corrected chi connectivity index (χ1v) is 6.57. The number of benzene rings is 1. The highest BCUT2D eigenvalue weighted by atomic mass is 35.5. The summed E-state index contributed by atoms with van der Waals surface area (Å²) in [6, 6.07) is 5.02. The maximum absolute atomic E-state index is 10.5. The van der Waals surface area contributed by atoms with E-state index in [1.165, 1.54) is 14.2 Å². The summed E-state index contributed by atoms with van der Waals surface area (Å²) < 4.78 is 15.5. The number of hydrogen-bond acceptors (Lipinski definition) is 5. The second-order valence-electron chi connectivity index (χ2n) is 4.30. The van der Waals surface area contributed by atoms with Gasteiger partial charge in [-0.05, 0) is 23.8 Å². The number of halogens is 1. The summed E-state index contributed by atoms with van der Waals surface area (Å²) in [5, 5.41) is 10.8. The number of hydrogen-bond donors (Lipinski definition) is 1. The van der Waals surface area contributed by atoms with Crippen molar-refractivity contribution in [2.75, 3.05) is 21.3 Å². The minimum atomic E-state index is -0.898. The van der Waals surface area contributed by atoms with Gasteiger partial charge in [0.25, 0.3) is 0 Å². The molecular formula is C15H16ClNO4. The summed E-state index contributed by atoms with van der Waals surface area (Å²) in [5.41, 5.74) is 1.17. The lowest BCUT2D eigenvalue weighted by molar-refractivity contribution is 0.218. The van der Waals surface area contributed by atoms with Crippen LogP contribution in [0.1, 0.15) is 17.2 Å². The lowest BCUT2D eigenvalue weighted by Crippen LogP contribution is -2.02. The predicted molar refractivity (Wildman–Crippen MR) is 79.4 cm³/mol. The Morgan fingerprint density at radius 1 is 1.00 bits per heavy atom. The van der Waals surface area contributed by atoms with Crippen molar-refractivity contribution in [3.8, 4) is 17.2 Å². The van der Waals surface area contributed by atoms with E-state index in [0.29, 0.717) is 33.4 Å². The number of methoxy groups -OCH3 is 3. The van der Waals surface area contributed by atoms with Crippen LogP contribution in [0.25, 0.3) is 0 Å². The lowest BCUT2D eigenvalue weighted by Gasteiger charge is -2.16. The quantitative estimate of drug-likeness (QED) is 0.920. The molecule has 5 nitrogen and oxygen atoms in total. The molecule has 2 rings (SSSR count). The molecule has 1 aromatic heterocycles. The van der Waals surface area contributed by atoms with Crippen LogP contribution in [0.4, 0.5) is 0 Å². The van der Waals surface area contributed by atoms with Gasteiger partial charge in [0, 0.05) is 11.8 Å². The lowest BCUT2D eigenvalue weighted by atomic mass is 10.0. The molecule has 0 radical (unpaired) electrons. The van der Waals surface area contributed by atoms with E-state index in [4.69, 9.17) is 25.8 Å². The number of aliphatic hydroxyl groups is 1. The molecule has 0 bridgehead atoms. The molecule has 0 aliphatic heterocycles. The maximum Gasteiger partial charge on any atom is 0.179 e. The van der Waals surface area contributed by atoms with E-state index in [9.17, 15) is 5.11 Å². The molecule has 0 spiro atoms. The van der Waals surface area contributed by atoms with Crippen LogP contribution in [-0.4, -0.2) is 31.4 Å². The Labute approximate surface area is 128 Å². The smallest absolute Gasteiger partial charge is 0.179 e. The zero-order chi connectivity index (χ0) is 15.4. The van der Waals surface area contributed by atoms with Gasteiger partial charge < -0.3 is 19.3 Å². The highest BCUT2D eigenvalue weighted by molar-refractivity contribution is 6.32. The number of pyridine rings is 1. The van der Waals surface area contributed by atoms with E-state index in [2.05, 4.69) is 4.98 Å². The molecule has 1 N–H and O–H groups in total. The first-order chi connectivity index (χ1) is 10.1. The average Bonchev–Trinajstić information content (AvgIpc) is 2.53. The predicted octanol–water partition coefficient (Wildman–Crippen LogP) is 2.84. The second-order valence-corrected chi connectivity index (χ2v) is 4.71. The molecule has 1 unspecified atom stereocenters. The number of aromatic nitrogens is 1. The van der Waals surface area contributed by atoms with Crippen molar-refractivity contribution in [2.45, 2.75) is 6.10 Å². The van der Waals surface area contributed by atoms with E-state index in [0.717, 1.165) is 0 Å². The summed E-state index contributed by atoms with van der Waals surface area (Å²) >= 11 is 6.15. The fourth-order valence-electron chi connectivity index (χ4n) is 1.98. The van der Waals surface area contributed by atoms with Crippen molar-refractivity contribution < 1.29 is 19.3 Å². The molecule has 1 heterocycles. The maximum atomic E-state index is 10.5. The Kier molecular flexibility index (Phi) is 4.88. The van der Waals surface area contributed by atoms with Crippen LogP contribution >= 0.6 is 11.6 Å². The van der Waals surface area contributed by atoms with Gasteiger partial charge in [-0.3, -0.25) is 4.98 Å². The van der Waals surface area contributed by atoms with Crippen LogP contribution in [0.15, 0.2) is 30.6 Å². The number of nitrogens with zero attached hydrogens (tertiary/aromatic N) is 1. The zero-order valence-corrected chi connectivity index (χ0v) is 12.7. The first-order valence-electron chi connectivity index (χ1n) is 6.19. The Bertz CT molecular complexity index is 633. The summed E-state index contributed by atoms with van der Waals surface area (Å²) in [6.07, 6.45) is 2.24. The fraction of sp³-hybridized carbons (Fsp3) is 0.267. The molecular weight excluding hydrogens is 294 g/mol. The zero-order valence-electron chi connectivity index (χ0n) is 12.0. The van der Waals surface area contributed by atoms with Crippen molar-refractivity contribution in [3.05, 3.63) is 46.7 Å². The monoisotopic (exact) mass is 309 g/mol. The average molecular weight is 310 g/mol. The van der Waals surface area contributed by atoms with Gasteiger partial charge in [0.05, 0.1) is 32.5 Å².